The van der Waals surface area contributed by atoms with Crippen LogP contribution in [0.15, 0.2) is 66.7 Å². The number of sulfonamides is 1. The molecule has 4 rings (SSSR count). The zero-order valence-corrected chi connectivity index (χ0v) is 21.5. The van der Waals surface area contributed by atoms with Gasteiger partial charge in [0.1, 0.15) is 0 Å². The molecule has 190 valence electrons. The van der Waals surface area contributed by atoms with Crippen LogP contribution in [-0.2, 0) is 34.2 Å². The van der Waals surface area contributed by atoms with E-state index in [9.17, 15) is 13.2 Å². The first-order valence-electron chi connectivity index (χ1n) is 12.0. The van der Waals surface area contributed by atoms with Crippen LogP contribution >= 0.6 is 0 Å². The summed E-state index contributed by atoms with van der Waals surface area (Å²) >= 11 is 0. The van der Waals surface area contributed by atoms with Gasteiger partial charge in [0.05, 0.1) is 26.4 Å². The molecule has 0 fully saturated rings. The molecule has 0 unspecified atom stereocenters. The molecule has 0 bridgehead atoms. The summed E-state index contributed by atoms with van der Waals surface area (Å²) in [6.45, 7) is 1.05. The lowest BCUT2D eigenvalue weighted by Crippen LogP contribution is -2.38. The molecule has 0 aromatic heterocycles. The number of rotatable bonds is 10. The summed E-state index contributed by atoms with van der Waals surface area (Å²) in [7, 11) is -0.287. The molecule has 0 aliphatic carbocycles. The highest BCUT2D eigenvalue weighted by Gasteiger charge is 2.27. The summed E-state index contributed by atoms with van der Waals surface area (Å²) in [6.07, 6.45) is 1.24. The van der Waals surface area contributed by atoms with E-state index in [1.165, 1.54) is 4.31 Å². The molecule has 3 aromatic carbocycles. The van der Waals surface area contributed by atoms with Crippen molar-refractivity contribution in [2.75, 3.05) is 33.1 Å². The van der Waals surface area contributed by atoms with Crippen molar-refractivity contribution in [2.45, 2.75) is 25.8 Å². The number of hydrogen-bond donors (Lipinski definition) is 1. The van der Waals surface area contributed by atoms with Crippen molar-refractivity contribution in [3.05, 3.63) is 83.4 Å². The number of amides is 1. The first-order chi connectivity index (χ1) is 17.4. The Morgan fingerprint density at radius 2 is 1.56 bits per heavy atom. The van der Waals surface area contributed by atoms with Crippen LogP contribution in [0.5, 0.6) is 11.5 Å². The first-order valence-corrected chi connectivity index (χ1v) is 13.6. The molecule has 1 aliphatic heterocycles. The van der Waals surface area contributed by atoms with Crippen molar-refractivity contribution in [3.8, 4) is 22.6 Å². The van der Waals surface area contributed by atoms with E-state index in [0.717, 1.165) is 27.8 Å². The van der Waals surface area contributed by atoms with Gasteiger partial charge in [-0.15, -0.1) is 0 Å². The molecule has 0 radical (unpaired) electrons. The second kappa shape index (κ2) is 11.6. The maximum atomic E-state index is 12.9. The Balaban J connectivity index is 1.24. The fourth-order valence-corrected chi connectivity index (χ4v) is 5.87. The van der Waals surface area contributed by atoms with Crippen LogP contribution in [0.25, 0.3) is 11.1 Å². The molecule has 3 aromatic rings. The Morgan fingerprint density at radius 1 is 0.917 bits per heavy atom. The first kappa shape index (κ1) is 25.7. The summed E-state index contributed by atoms with van der Waals surface area (Å²) < 4.78 is 38.1. The van der Waals surface area contributed by atoms with Crippen LogP contribution < -0.4 is 14.8 Å². The fraction of sp³-hybridized carbons (Fsp3) is 0.321. The van der Waals surface area contributed by atoms with Gasteiger partial charge in [-0.2, -0.15) is 4.31 Å². The van der Waals surface area contributed by atoms with E-state index < -0.39 is 10.0 Å². The van der Waals surface area contributed by atoms with Gasteiger partial charge in [-0.05, 0) is 52.8 Å². The Morgan fingerprint density at radius 3 is 2.22 bits per heavy atom. The minimum atomic E-state index is -3.44. The van der Waals surface area contributed by atoms with Crippen LogP contribution in [0.2, 0.25) is 0 Å². The Bertz CT molecular complexity index is 1290. The highest BCUT2D eigenvalue weighted by molar-refractivity contribution is 7.89. The molecule has 0 saturated heterocycles. The molecule has 0 spiro atoms. The molecule has 8 heteroatoms. The zero-order chi connectivity index (χ0) is 25.5. The number of ether oxygens (including phenoxy) is 2. The van der Waals surface area contributed by atoms with Gasteiger partial charge in [0.25, 0.3) is 0 Å². The molecular formula is C28H32N2O5S. The summed E-state index contributed by atoms with van der Waals surface area (Å²) in [5.41, 5.74) is 5.14. The largest absolute Gasteiger partial charge is 0.493 e. The van der Waals surface area contributed by atoms with E-state index in [1.807, 2.05) is 66.7 Å². The predicted octanol–water partition coefficient (Wildman–Crippen LogP) is 3.81. The van der Waals surface area contributed by atoms with Gasteiger partial charge in [0, 0.05) is 19.6 Å². The summed E-state index contributed by atoms with van der Waals surface area (Å²) in [5.74, 6) is 1.11. The van der Waals surface area contributed by atoms with E-state index in [4.69, 9.17) is 9.47 Å². The highest BCUT2D eigenvalue weighted by atomic mass is 32.2. The van der Waals surface area contributed by atoms with Crippen molar-refractivity contribution in [1.82, 2.24) is 9.62 Å². The lowest BCUT2D eigenvalue weighted by molar-refractivity contribution is -0.120. The van der Waals surface area contributed by atoms with Crippen molar-refractivity contribution in [3.63, 3.8) is 0 Å². The normalized spacial score (nSPS) is 13.6. The molecule has 1 amide bonds. The summed E-state index contributed by atoms with van der Waals surface area (Å²) in [5, 5.41) is 2.84. The van der Waals surface area contributed by atoms with Gasteiger partial charge in [-0.25, -0.2) is 8.42 Å². The van der Waals surface area contributed by atoms with Gasteiger partial charge in [0.15, 0.2) is 11.5 Å². The van der Waals surface area contributed by atoms with Crippen molar-refractivity contribution in [2.24, 2.45) is 0 Å². The average Bonchev–Trinajstić information content (AvgIpc) is 2.91. The number of nitrogens with one attached hydrogen (secondary N) is 1. The molecule has 0 saturated carbocycles. The van der Waals surface area contributed by atoms with Crippen LogP contribution in [0, 0.1) is 0 Å². The SMILES string of the molecule is COc1cc2c(cc1OC)CN(S(=O)(=O)CCCNC(=O)Cc1ccc(-c3ccccc3)cc1)CC2. The zero-order valence-electron chi connectivity index (χ0n) is 20.7. The Kier molecular flexibility index (Phi) is 8.28. The van der Waals surface area contributed by atoms with Crippen LogP contribution in [-0.4, -0.2) is 51.7 Å². The fourth-order valence-electron chi connectivity index (χ4n) is 4.40. The number of nitrogens with zero attached hydrogens (tertiary/aromatic N) is 1. The molecule has 7 nitrogen and oxygen atoms in total. The van der Waals surface area contributed by atoms with Gasteiger partial charge in [0.2, 0.25) is 15.9 Å². The summed E-state index contributed by atoms with van der Waals surface area (Å²) in [4.78, 5) is 12.4. The molecule has 1 N–H and O–H groups in total. The number of benzene rings is 3. The van der Waals surface area contributed by atoms with Gasteiger partial charge in [-0.1, -0.05) is 54.6 Å². The lowest BCUT2D eigenvalue weighted by Gasteiger charge is -2.29. The number of carbonyl (C=O) groups excluding carboxylic acids is 1. The number of carbonyl (C=O) groups is 1. The second-order valence-electron chi connectivity index (χ2n) is 8.82. The Hall–Kier alpha value is -3.36. The van der Waals surface area contributed by atoms with E-state index in [0.29, 0.717) is 44.0 Å². The van der Waals surface area contributed by atoms with Gasteiger partial charge in [-0.3, -0.25) is 4.79 Å². The summed E-state index contributed by atoms with van der Waals surface area (Å²) in [6, 6.07) is 21.7. The van der Waals surface area contributed by atoms with Crippen LogP contribution in [0.3, 0.4) is 0 Å². The van der Waals surface area contributed by atoms with Crippen LogP contribution in [0.4, 0.5) is 0 Å². The average molecular weight is 509 g/mol. The molecule has 1 heterocycles. The van der Waals surface area contributed by atoms with Gasteiger partial charge >= 0.3 is 0 Å². The topological polar surface area (TPSA) is 84.9 Å². The predicted molar refractivity (Wildman–Crippen MR) is 141 cm³/mol. The molecule has 1 aliphatic rings. The molecule has 0 atom stereocenters. The number of methoxy groups -OCH3 is 2. The van der Waals surface area contributed by atoms with E-state index in [1.54, 1.807) is 14.2 Å². The van der Waals surface area contributed by atoms with E-state index >= 15 is 0 Å². The Labute approximate surface area is 213 Å². The number of fused-ring (bicyclic) bond motifs is 1. The monoisotopic (exact) mass is 508 g/mol. The molecule has 36 heavy (non-hydrogen) atoms. The maximum Gasteiger partial charge on any atom is 0.224 e. The third-order valence-corrected chi connectivity index (χ3v) is 8.31. The van der Waals surface area contributed by atoms with E-state index in [-0.39, 0.29) is 18.1 Å². The van der Waals surface area contributed by atoms with E-state index in [2.05, 4.69) is 5.32 Å². The third kappa shape index (κ3) is 6.25. The highest BCUT2D eigenvalue weighted by Crippen LogP contribution is 2.33. The second-order valence-corrected chi connectivity index (χ2v) is 10.9. The lowest BCUT2D eigenvalue weighted by atomic mass is 10.0. The quantitative estimate of drug-likeness (QED) is 0.421. The van der Waals surface area contributed by atoms with Crippen molar-refractivity contribution < 1.29 is 22.7 Å². The third-order valence-electron chi connectivity index (χ3n) is 6.40. The van der Waals surface area contributed by atoms with Crippen LogP contribution in [0.1, 0.15) is 23.1 Å². The van der Waals surface area contributed by atoms with Gasteiger partial charge < -0.3 is 14.8 Å². The minimum absolute atomic E-state index is 0.0122. The standard InChI is InChI=1S/C28H32N2O5S/c1-34-26-18-24-13-15-30(20-25(24)19-27(26)35-2)36(32,33)16-6-14-29-28(31)17-21-9-11-23(12-10-21)22-7-4-3-5-8-22/h3-5,7-12,18-19H,6,13-17,20H2,1-2H3,(H,29,31). The maximum absolute atomic E-state index is 12.9. The van der Waals surface area contributed by atoms with Crippen molar-refractivity contribution in [1.29, 1.82) is 0 Å². The molecular weight excluding hydrogens is 476 g/mol. The number of hydrogen-bond acceptors (Lipinski definition) is 5. The van der Waals surface area contributed by atoms with Crippen molar-refractivity contribution >= 4 is 15.9 Å². The minimum Gasteiger partial charge on any atom is -0.493 e. The smallest absolute Gasteiger partial charge is 0.224 e.